The minimum atomic E-state index is -0.340. The molecule has 0 aliphatic rings. The van der Waals surface area contributed by atoms with Crippen molar-refractivity contribution in [3.05, 3.63) is 89.0 Å². The number of nitrogens with zero attached hydrogens (tertiary/aromatic N) is 2. The van der Waals surface area contributed by atoms with Gasteiger partial charge in [0.1, 0.15) is 12.4 Å². The first-order chi connectivity index (χ1) is 18.0. The van der Waals surface area contributed by atoms with Gasteiger partial charge in [-0.15, -0.1) is 0 Å². The predicted molar refractivity (Wildman–Crippen MR) is 139 cm³/mol. The molecule has 3 aromatic rings. The molecule has 0 heterocycles. The van der Waals surface area contributed by atoms with Crippen molar-refractivity contribution < 1.29 is 23.8 Å². The molecule has 0 fully saturated rings. The lowest BCUT2D eigenvalue weighted by Crippen LogP contribution is -2.29. The van der Waals surface area contributed by atoms with Gasteiger partial charge >= 0.3 is 0 Å². The molecule has 0 unspecified atom stereocenters. The smallest absolute Gasteiger partial charge is 0.251 e. The summed E-state index contributed by atoms with van der Waals surface area (Å²) in [6, 6.07) is 21.4. The van der Waals surface area contributed by atoms with Gasteiger partial charge in [0, 0.05) is 24.1 Å². The zero-order chi connectivity index (χ0) is 26.5. The molecular weight excluding hydrogens is 472 g/mol. The zero-order valence-electron chi connectivity index (χ0n) is 20.7. The maximum absolute atomic E-state index is 12.1. The molecule has 3 aromatic carbocycles. The van der Waals surface area contributed by atoms with Gasteiger partial charge in [0.25, 0.3) is 5.91 Å². The lowest BCUT2D eigenvalue weighted by Gasteiger charge is -2.13. The second-order valence-electron chi connectivity index (χ2n) is 7.72. The number of methoxy groups -OCH3 is 1. The Morgan fingerprint density at radius 3 is 2.54 bits per heavy atom. The molecule has 190 valence electrons. The summed E-state index contributed by atoms with van der Waals surface area (Å²) >= 11 is 0. The van der Waals surface area contributed by atoms with Crippen molar-refractivity contribution in [1.82, 2.24) is 10.7 Å². The van der Waals surface area contributed by atoms with E-state index in [2.05, 4.69) is 21.9 Å². The molecule has 9 nitrogen and oxygen atoms in total. The van der Waals surface area contributed by atoms with Crippen LogP contribution in [0.3, 0.4) is 0 Å². The normalized spacial score (nSPS) is 10.4. The molecule has 9 heteroatoms. The van der Waals surface area contributed by atoms with E-state index < -0.39 is 0 Å². The van der Waals surface area contributed by atoms with Crippen LogP contribution in [0.4, 0.5) is 0 Å². The molecule has 0 bridgehead atoms. The SMILES string of the molecule is CCOc1cc(C=NNC(=O)CCNC(=O)c2ccc(OC)cc2)ccc1OCc1ccccc1C#N. The Bertz CT molecular complexity index is 1280. The van der Waals surface area contributed by atoms with Crippen molar-refractivity contribution >= 4 is 18.0 Å². The van der Waals surface area contributed by atoms with E-state index in [1.165, 1.54) is 6.21 Å². The van der Waals surface area contributed by atoms with Crippen LogP contribution in [0.25, 0.3) is 0 Å². The fourth-order valence-corrected chi connectivity index (χ4v) is 3.27. The van der Waals surface area contributed by atoms with Crippen LogP contribution in [0.5, 0.6) is 17.2 Å². The van der Waals surface area contributed by atoms with Crippen molar-refractivity contribution in [3.63, 3.8) is 0 Å². The third-order valence-electron chi connectivity index (χ3n) is 5.18. The van der Waals surface area contributed by atoms with Crippen LogP contribution in [-0.4, -0.2) is 38.3 Å². The summed E-state index contributed by atoms with van der Waals surface area (Å²) in [4.78, 5) is 24.2. The Balaban J connectivity index is 1.49. The number of benzene rings is 3. The molecular formula is C28H28N4O5. The van der Waals surface area contributed by atoms with Crippen LogP contribution in [0.1, 0.15) is 40.4 Å². The van der Waals surface area contributed by atoms with Gasteiger partial charge in [-0.2, -0.15) is 10.4 Å². The van der Waals surface area contributed by atoms with E-state index in [4.69, 9.17) is 14.2 Å². The van der Waals surface area contributed by atoms with Gasteiger partial charge in [-0.1, -0.05) is 18.2 Å². The van der Waals surface area contributed by atoms with Crippen molar-refractivity contribution in [2.45, 2.75) is 20.0 Å². The van der Waals surface area contributed by atoms with Crippen LogP contribution in [-0.2, 0) is 11.4 Å². The predicted octanol–water partition coefficient (Wildman–Crippen LogP) is 3.81. The fraction of sp³-hybridized carbons (Fsp3) is 0.214. The zero-order valence-corrected chi connectivity index (χ0v) is 20.7. The number of nitriles is 1. The molecule has 2 amide bonds. The van der Waals surface area contributed by atoms with Gasteiger partial charge in [-0.05, 0) is 61.0 Å². The highest BCUT2D eigenvalue weighted by Crippen LogP contribution is 2.29. The standard InChI is InChI=1S/C28H28N4O5/c1-3-36-26-16-20(8-13-25(26)37-19-23-7-5-4-6-22(23)17-29)18-31-32-27(33)14-15-30-28(34)21-9-11-24(35-2)12-10-21/h4-13,16,18H,3,14-15,19H2,1-2H3,(H,30,34)(H,32,33). The van der Waals surface area contributed by atoms with E-state index in [9.17, 15) is 14.9 Å². The summed E-state index contributed by atoms with van der Waals surface area (Å²) in [5.74, 6) is 1.09. The summed E-state index contributed by atoms with van der Waals surface area (Å²) in [7, 11) is 1.55. The maximum atomic E-state index is 12.1. The summed E-state index contributed by atoms with van der Waals surface area (Å²) in [6.45, 7) is 2.69. The van der Waals surface area contributed by atoms with Crippen LogP contribution >= 0.6 is 0 Å². The molecule has 0 aliphatic carbocycles. The number of carbonyl (C=O) groups excluding carboxylic acids is 2. The fourth-order valence-electron chi connectivity index (χ4n) is 3.27. The molecule has 0 saturated carbocycles. The minimum absolute atomic E-state index is 0.0698. The molecule has 0 saturated heterocycles. The Morgan fingerprint density at radius 1 is 1.03 bits per heavy atom. The average molecular weight is 501 g/mol. The van der Waals surface area contributed by atoms with Crippen molar-refractivity contribution in [2.75, 3.05) is 20.3 Å². The van der Waals surface area contributed by atoms with Crippen LogP contribution in [0.2, 0.25) is 0 Å². The number of ether oxygens (including phenoxy) is 3. The molecule has 3 rings (SSSR count). The number of nitrogens with one attached hydrogen (secondary N) is 2. The lowest BCUT2D eigenvalue weighted by atomic mass is 10.1. The third kappa shape index (κ3) is 8.11. The highest BCUT2D eigenvalue weighted by atomic mass is 16.5. The monoisotopic (exact) mass is 500 g/mol. The van der Waals surface area contributed by atoms with E-state index in [0.29, 0.717) is 40.5 Å². The van der Waals surface area contributed by atoms with Crippen LogP contribution in [0, 0.1) is 11.3 Å². The van der Waals surface area contributed by atoms with Gasteiger partial charge in [-0.3, -0.25) is 9.59 Å². The summed E-state index contributed by atoms with van der Waals surface area (Å²) in [5.41, 5.74) is 4.95. The highest BCUT2D eigenvalue weighted by Gasteiger charge is 2.09. The van der Waals surface area contributed by atoms with Gasteiger partial charge < -0.3 is 19.5 Å². The summed E-state index contributed by atoms with van der Waals surface area (Å²) in [6.07, 6.45) is 1.56. The largest absolute Gasteiger partial charge is 0.497 e. The topological polar surface area (TPSA) is 122 Å². The van der Waals surface area contributed by atoms with Gasteiger partial charge in [0.15, 0.2) is 11.5 Å². The number of carbonyl (C=O) groups is 2. The Kier molecular flexibility index (Phi) is 10.1. The molecule has 0 spiro atoms. The quantitative estimate of drug-likeness (QED) is 0.288. The highest BCUT2D eigenvalue weighted by molar-refractivity contribution is 5.94. The third-order valence-corrected chi connectivity index (χ3v) is 5.18. The number of amides is 2. The van der Waals surface area contributed by atoms with Crippen molar-refractivity contribution in [1.29, 1.82) is 5.26 Å². The number of rotatable bonds is 12. The van der Waals surface area contributed by atoms with E-state index in [-0.39, 0.29) is 31.4 Å². The summed E-state index contributed by atoms with van der Waals surface area (Å²) in [5, 5.41) is 15.9. The van der Waals surface area contributed by atoms with Crippen LogP contribution < -0.4 is 25.0 Å². The molecule has 0 atom stereocenters. The number of hydrazone groups is 1. The summed E-state index contributed by atoms with van der Waals surface area (Å²) < 4.78 is 16.7. The van der Waals surface area contributed by atoms with Gasteiger partial charge in [-0.25, -0.2) is 5.43 Å². The van der Waals surface area contributed by atoms with Crippen molar-refractivity contribution in [2.24, 2.45) is 5.10 Å². The molecule has 2 N–H and O–H groups in total. The Hall–Kier alpha value is -4.84. The lowest BCUT2D eigenvalue weighted by molar-refractivity contribution is -0.120. The Labute approximate surface area is 215 Å². The van der Waals surface area contributed by atoms with E-state index in [1.807, 2.05) is 19.1 Å². The number of hydrogen-bond acceptors (Lipinski definition) is 7. The van der Waals surface area contributed by atoms with Crippen molar-refractivity contribution in [3.8, 4) is 23.3 Å². The first kappa shape index (κ1) is 26.8. The van der Waals surface area contributed by atoms with E-state index >= 15 is 0 Å². The molecule has 0 radical (unpaired) electrons. The van der Waals surface area contributed by atoms with Gasteiger partial charge in [0.05, 0.1) is 31.6 Å². The van der Waals surface area contributed by atoms with Crippen LogP contribution in [0.15, 0.2) is 71.8 Å². The van der Waals surface area contributed by atoms with E-state index in [1.54, 1.807) is 61.7 Å². The van der Waals surface area contributed by atoms with Gasteiger partial charge in [0.2, 0.25) is 5.91 Å². The first-order valence-corrected chi connectivity index (χ1v) is 11.7. The molecule has 0 aliphatic heterocycles. The second kappa shape index (κ2) is 13.9. The molecule has 0 aromatic heterocycles. The number of hydrogen-bond donors (Lipinski definition) is 2. The second-order valence-corrected chi connectivity index (χ2v) is 7.72. The molecule has 37 heavy (non-hydrogen) atoms. The minimum Gasteiger partial charge on any atom is -0.497 e. The maximum Gasteiger partial charge on any atom is 0.251 e. The first-order valence-electron chi connectivity index (χ1n) is 11.7. The van der Waals surface area contributed by atoms with E-state index in [0.717, 1.165) is 5.56 Å². The average Bonchev–Trinajstić information content (AvgIpc) is 2.93. The Morgan fingerprint density at radius 2 is 1.81 bits per heavy atom.